The van der Waals surface area contributed by atoms with E-state index in [0.717, 1.165) is 24.2 Å². The molecule has 2 aliphatic rings. The smallest absolute Gasteiger partial charge is 0.255 e. The molecule has 7 nitrogen and oxygen atoms in total. The van der Waals surface area contributed by atoms with Crippen molar-refractivity contribution in [3.8, 4) is 0 Å². The second kappa shape index (κ2) is 9.23. The number of likely N-dealkylation sites (tertiary alicyclic amines) is 1. The van der Waals surface area contributed by atoms with Gasteiger partial charge in [-0.3, -0.25) is 19.5 Å². The topological polar surface area (TPSA) is 82.2 Å². The molecule has 0 unspecified atom stereocenters. The molecule has 0 bridgehead atoms. The van der Waals surface area contributed by atoms with Gasteiger partial charge in [-0.1, -0.05) is 24.3 Å². The molecule has 1 N–H and O–H groups in total. The summed E-state index contributed by atoms with van der Waals surface area (Å²) in [5.41, 5.74) is 2.59. The lowest BCUT2D eigenvalue weighted by Crippen LogP contribution is -2.38. The molecule has 2 aromatic heterocycles. The molecule has 1 fully saturated rings. The van der Waals surface area contributed by atoms with Gasteiger partial charge in [0, 0.05) is 50.1 Å². The van der Waals surface area contributed by atoms with Crippen molar-refractivity contribution in [3.05, 3.63) is 93.2 Å². The predicted octanol–water partition coefficient (Wildman–Crippen LogP) is 2.77. The fourth-order valence-corrected chi connectivity index (χ4v) is 4.77. The minimum absolute atomic E-state index is 0.00682. The first-order valence-corrected chi connectivity index (χ1v) is 11.4. The van der Waals surface area contributed by atoms with Crippen LogP contribution in [0.15, 0.2) is 53.5 Å². The molecule has 33 heavy (non-hydrogen) atoms. The number of aromatic amines is 1. The monoisotopic (exact) mass is 447 g/mol. The number of benzene rings is 1. The van der Waals surface area contributed by atoms with Crippen LogP contribution in [0.3, 0.4) is 0 Å². The average Bonchev–Trinajstić information content (AvgIpc) is 3.32. The summed E-state index contributed by atoms with van der Waals surface area (Å²) < 4.78 is 14.0. The fraction of sp³-hybridized carbons (Fsp3) is 0.360. The molecule has 8 heteroatoms. The Hall–Kier alpha value is -3.39. The number of carbonyl (C=O) groups excluding carboxylic acids is 1. The molecule has 0 radical (unpaired) electrons. The number of hydrogen-bond donors (Lipinski definition) is 1. The molecule has 1 amide bonds. The van der Waals surface area contributed by atoms with Gasteiger partial charge in [0.2, 0.25) is 5.91 Å². The first-order valence-electron chi connectivity index (χ1n) is 11.4. The van der Waals surface area contributed by atoms with Gasteiger partial charge in [-0.25, -0.2) is 9.37 Å². The van der Waals surface area contributed by atoms with Gasteiger partial charge >= 0.3 is 0 Å². The number of amides is 1. The quantitative estimate of drug-likeness (QED) is 0.651. The van der Waals surface area contributed by atoms with E-state index in [9.17, 15) is 14.0 Å². The van der Waals surface area contributed by atoms with Crippen molar-refractivity contribution in [1.29, 1.82) is 0 Å². The van der Waals surface area contributed by atoms with Gasteiger partial charge in [-0.2, -0.15) is 0 Å². The Labute approximate surface area is 191 Å². The van der Waals surface area contributed by atoms with E-state index in [1.54, 1.807) is 18.3 Å². The Bertz CT molecular complexity index is 1210. The van der Waals surface area contributed by atoms with E-state index in [0.29, 0.717) is 49.6 Å². The van der Waals surface area contributed by atoms with E-state index in [1.165, 1.54) is 6.07 Å². The Balaban J connectivity index is 1.33. The molecule has 0 aliphatic carbocycles. The molecule has 3 aromatic rings. The van der Waals surface area contributed by atoms with Crippen molar-refractivity contribution in [1.82, 2.24) is 24.8 Å². The minimum atomic E-state index is -0.234. The number of H-pyrrole nitrogens is 1. The molecule has 2 aliphatic heterocycles. The molecule has 0 saturated carbocycles. The van der Waals surface area contributed by atoms with Crippen LogP contribution >= 0.6 is 0 Å². The van der Waals surface area contributed by atoms with Crippen molar-refractivity contribution in [2.45, 2.75) is 44.8 Å². The lowest BCUT2D eigenvalue weighted by atomic mass is 10.0. The zero-order valence-corrected chi connectivity index (χ0v) is 18.3. The predicted molar refractivity (Wildman–Crippen MR) is 121 cm³/mol. The standard InChI is InChI=1S/C25H26FN5O2/c26-20-8-2-1-6-17(20)15-30-13-10-21-19(16-30)25(33)29-24(28-21)22-9-5-12-31(22)23(32)14-18-7-3-4-11-27-18/h1-4,6-8,11,22H,5,9-10,12-16H2,(H,28,29,33)/t22-/m1/s1. The first-order chi connectivity index (χ1) is 16.1. The third-order valence-corrected chi connectivity index (χ3v) is 6.47. The molecular weight excluding hydrogens is 421 g/mol. The minimum Gasteiger partial charge on any atom is -0.332 e. The van der Waals surface area contributed by atoms with Gasteiger partial charge in [0.15, 0.2) is 0 Å². The summed E-state index contributed by atoms with van der Waals surface area (Å²) in [4.78, 5) is 41.8. The molecule has 4 heterocycles. The number of aromatic nitrogens is 3. The van der Waals surface area contributed by atoms with E-state index in [1.807, 2.05) is 29.2 Å². The number of fused-ring (bicyclic) bond motifs is 1. The van der Waals surface area contributed by atoms with Crippen LogP contribution in [0.1, 0.15) is 47.2 Å². The number of pyridine rings is 1. The molecule has 1 atom stereocenters. The zero-order valence-electron chi connectivity index (χ0n) is 18.3. The highest BCUT2D eigenvalue weighted by atomic mass is 19.1. The second-order valence-electron chi connectivity index (χ2n) is 8.67. The summed E-state index contributed by atoms with van der Waals surface area (Å²) in [7, 11) is 0. The van der Waals surface area contributed by atoms with E-state index in [2.05, 4.69) is 14.9 Å². The van der Waals surface area contributed by atoms with Gasteiger partial charge in [0.1, 0.15) is 11.6 Å². The van der Waals surface area contributed by atoms with Crippen molar-refractivity contribution >= 4 is 5.91 Å². The van der Waals surface area contributed by atoms with E-state index < -0.39 is 0 Å². The lowest BCUT2D eigenvalue weighted by Gasteiger charge is -2.29. The SMILES string of the molecule is O=C(Cc1ccccn1)N1CCC[C@@H]1c1nc2c(c(=O)[nH]1)CN(Cc1ccccc1F)CC2. The number of hydrogen-bond acceptors (Lipinski definition) is 5. The fourth-order valence-electron chi connectivity index (χ4n) is 4.77. The molecule has 1 aromatic carbocycles. The summed E-state index contributed by atoms with van der Waals surface area (Å²) >= 11 is 0. The van der Waals surface area contributed by atoms with Crippen molar-refractivity contribution in [2.75, 3.05) is 13.1 Å². The maximum atomic E-state index is 14.0. The normalized spacial score (nSPS) is 18.3. The molecule has 170 valence electrons. The van der Waals surface area contributed by atoms with Crippen LogP contribution in [-0.2, 0) is 30.7 Å². The average molecular weight is 448 g/mol. The molecule has 1 saturated heterocycles. The van der Waals surface area contributed by atoms with E-state index in [-0.39, 0.29) is 29.7 Å². The van der Waals surface area contributed by atoms with Crippen LogP contribution in [0.2, 0.25) is 0 Å². The molecular formula is C25H26FN5O2. The van der Waals surface area contributed by atoms with Crippen molar-refractivity contribution < 1.29 is 9.18 Å². The van der Waals surface area contributed by atoms with Crippen LogP contribution < -0.4 is 5.56 Å². The number of nitrogens with zero attached hydrogens (tertiary/aromatic N) is 4. The summed E-state index contributed by atoms with van der Waals surface area (Å²) in [6.45, 7) is 2.22. The largest absolute Gasteiger partial charge is 0.332 e. The van der Waals surface area contributed by atoms with Crippen LogP contribution in [0.5, 0.6) is 0 Å². The summed E-state index contributed by atoms with van der Waals surface area (Å²) in [5.74, 6) is 0.322. The molecule has 5 rings (SSSR count). The number of nitrogens with one attached hydrogen (secondary N) is 1. The zero-order chi connectivity index (χ0) is 22.8. The maximum Gasteiger partial charge on any atom is 0.255 e. The highest BCUT2D eigenvalue weighted by Crippen LogP contribution is 2.31. The third-order valence-electron chi connectivity index (χ3n) is 6.47. The van der Waals surface area contributed by atoms with Gasteiger partial charge in [-0.05, 0) is 31.0 Å². The summed E-state index contributed by atoms with van der Waals surface area (Å²) in [5, 5.41) is 0. The van der Waals surface area contributed by atoms with Crippen molar-refractivity contribution in [3.63, 3.8) is 0 Å². The Kier molecular flexibility index (Phi) is 6.00. The van der Waals surface area contributed by atoms with E-state index >= 15 is 0 Å². The van der Waals surface area contributed by atoms with Crippen LogP contribution in [-0.4, -0.2) is 43.7 Å². The van der Waals surface area contributed by atoms with Crippen LogP contribution in [0.25, 0.3) is 0 Å². The lowest BCUT2D eigenvalue weighted by molar-refractivity contribution is -0.131. The Morgan fingerprint density at radius 3 is 2.82 bits per heavy atom. The summed E-state index contributed by atoms with van der Waals surface area (Å²) in [6, 6.07) is 12.0. The number of rotatable bonds is 5. The Morgan fingerprint density at radius 1 is 1.15 bits per heavy atom. The maximum absolute atomic E-state index is 14.0. The van der Waals surface area contributed by atoms with Crippen LogP contribution in [0.4, 0.5) is 4.39 Å². The highest BCUT2D eigenvalue weighted by Gasteiger charge is 2.33. The van der Waals surface area contributed by atoms with Gasteiger partial charge in [0.05, 0.1) is 23.7 Å². The first kappa shape index (κ1) is 21.5. The van der Waals surface area contributed by atoms with Crippen LogP contribution in [0, 0.1) is 5.82 Å². The number of halogens is 1. The van der Waals surface area contributed by atoms with Gasteiger partial charge in [-0.15, -0.1) is 0 Å². The highest BCUT2D eigenvalue weighted by molar-refractivity contribution is 5.79. The van der Waals surface area contributed by atoms with E-state index in [4.69, 9.17) is 4.98 Å². The van der Waals surface area contributed by atoms with Gasteiger partial charge < -0.3 is 9.88 Å². The number of carbonyl (C=O) groups is 1. The van der Waals surface area contributed by atoms with Crippen molar-refractivity contribution in [2.24, 2.45) is 0 Å². The summed E-state index contributed by atoms with van der Waals surface area (Å²) in [6.07, 6.45) is 4.18. The second-order valence-corrected chi connectivity index (χ2v) is 8.67. The Morgan fingerprint density at radius 2 is 2.00 bits per heavy atom. The molecule has 0 spiro atoms. The van der Waals surface area contributed by atoms with Gasteiger partial charge in [0.25, 0.3) is 5.56 Å². The third kappa shape index (κ3) is 4.57.